The van der Waals surface area contributed by atoms with E-state index in [1.807, 2.05) is 0 Å². The molecule has 2 aromatic carbocycles. The molecule has 4 N–H and O–H groups in total. The summed E-state index contributed by atoms with van der Waals surface area (Å²) in [5, 5.41) is 25.4. The maximum absolute atomic E-state index is 13.1. The lowest BCUT2D eigenvalue weighted by molar-refractivity contribution is -0.137. The fraction of sp³-hybridized carbons (Fsp3) is 0.280. The first-order valence-corrected chi connectivity index (χ1v) is 11.1. The number of aromatic nitrogens is 2. The number of aliphatic hydroxyl groups is 1. The number of fused-ring (bicyclic) bond motifs is 1. The molecule has 37 heavy (non-hydrogen) atoms. The Morgan fingerprint density at radius 1 is 1.14 bits per heavy atom. The summed E-state index contributed by atoms with van der Waals surface area (Å²) in [6.45, 7) is 0.813. The molecule has 0 aliphatic rings. The van der Waals surface area contributed by atoms with Crippen LogP contribution in [0.1, 0.15) is 18.1 Å². The number of hydrogen-bond acceptors (Lipinski definition) is 6. The second-order valence-corrected chi connectivity index (χ2v) is 7.97. The highest BCUT2D eigenvalue weighted by atomic mass is 19.4. The van der Waals surface area contributed by atoms with Crippen LogP contribution in [0.15, 0.2) is 54.9 Å². The third kappa shape index (κ3) is 7.55. The van der Waals surface area contributed by atoms with E-state index < -0.39 is 42.4 Å². The van der Waals surface area contributed by atoms with Gasteiger partial charge < -0.3 is 25.7 Å². The molecule has 0 aliphatic heterocycles. The molecule has 0 aliphatic carbocycles. The van der Waals surface area contributed by atoms with Gasteiger partial charge in [-0.05, 0) is 30.7 Å². The van der Waals surface area contributed by atoms with Crippen LogP contribution in [0.25, 0.3) is 10.9 Å². The summed E-state index contributed by atoms with van der Waals surface area (Å²) in [4.78, 5) is 33.4. The molecule has 9 nitrogen and oxygen atoms in total. The summed E-state index contributed by atoms with van der Waals surface area (Å²) < 4.78 is 39.4. The van der Waals surface area contributed by atoms with E-state index in [1.165, 1.54) is 13.0 Å². The maximum Gasteiger partial charge on any atom is 0.416 e. The minimum absolute atomic E-state index is 0.00735. The second kappa shape index (κ2) is 12.0. The number of aliphatic hydroxyl groups excluding tert-OH is 1. The van der Waals surface area contributed by atoms with Crippen molar-refractivity contribution in [1.82, 2.24) is 20.2 Å². The number of carbonyl (C=O) groups excluding carboxylic acids is 1. The number of carboxylic acid groups (broad SMARTS) is 1. The lowest BCUT2D eigenvalue weighted by Crippen LogP contribution is -2.52. The van der Waals surface area contributed by atoms with Crippen molar-refractivity contribution >= 4 is 28.7 Å². The second-order valence-electron chi connectivity index (χ2n) is 7.97. The summed E-state index contributed by atoms with van der Waals surface area (Å²) in [5.41, 5.74) is 0.0628. The molecule has 3 rings (SSSR count). The molecular formula is C25H24F3N5O4. The highest BCUT2D eigenvalue weighted by molar-refractivity contribution is 5.91. The van der Waals surface area contributed by atoms with Crippen LogP contribution in [-0.2, 0) is 17.5 Å². The molecule has 194 valence electrons. The molecule has 0 fully saturated rings. The number of benzene rings is 2. The van der Waals surface area contributed by atoms with Gasteiger partial charge in [0, 0.05) is 18.5 Å². The van der Waals surface area contributed by atoms with Crippen LogP contribution >= 0.6 is 0 Å². The zero-order chi connectivity index (χ0) is 27.0. The Labute approximate surface area is 210 Å². The molecule has 0 saturated carbocycles. The summed E-state index contributed by atoms with van der Waals surface area (Å²) in [6, 6.07) is 10.7. The van der Waals surface area contributed by atoms with Crippen molar-refractivity contribution in [1.29, 1.82) is 0 Å². The fourth-order valence-corrected chi connectivity index (χ4v) is 3.52. The molecule has 0 saturated heterocycles. The van der Waals surface area contributed by atoms with Crippen LogP contribution in [0.3, 0.4) is 0 Å². The highest BCUT2D eigenvalue weighted by Crippen LogP contribution is 2.32. The predicted molar refractivity (Wildman–Crippen MR) is 129 cm³/mol. The largest absolute Gasteiger partial charge is 0.465 e. The van der Waals surface area contributed by atoms with Crippen LogP contribution in [0.4, 0.5) is 23.8 Å². The standard InChI is InChI=1S/C25H24F3N5O4/c1-2-6-21(34)20(14-33(24(36)37)13-16-7-4-3-5-8-16)32-22(35)12-29-23-18-11-17(25(26,27)28)9-10-19(18)30-15-31-23/h3-5,7-11,15,20-21,34H,12-14H2,1H3,(H,32,35)(H,36,37)(H,29,30,31)/t20?,21-/m0/s1. The summed E-state index contributed by atoms with van der Waals surface area (Å²) >= 11 is 0. The van der Waals surface area contributed by atoms with E-state index in [-0.39, 0.29) is 29.8 Å². The Bertz CT molecular complexity index is 1310. The number of rotatable bonds is 9. The van der Waals surface area contributed by atoms with Gasteiger partial charge >= 0.3 is 12.3 Å². The molecule has 1 heterocycles. The molecule has 1 unspecified atom stereocenters. The van der Waals surface area contributed by atoms with Crippen LogP contribution in [-0.4, -0.2) is 62.3 Å². The van der Waals surface area contributed by atoms with Gasteiger partial charge in [0.05, 0.1) is 23.7 Å². The molecule has 2 amide bonds. The number of hydrogen-bond donors (Lipinski definition) is 4. The normalized spacial score (nSPS) is 12.7. The molecule has 3 aromatic rings. The Morgan fingerprint density at radius 2 is 1.86 bits per heavy atom. The van der Waals surface area contributed by atoms with Gasteiger partial charge in [0.25, 0.3) is 0 Å². The van der Waals surface area contributed by atoms with Crippen molar-refractivity contribution < 1.29 is 33.0 Å². The van der Waals surface area contributed by atoms with Gasteiger partial charge in [-0.3, -0.25) is 4.79 Å². The van der Waals surface area contributed by atoms with Gasteiger partial charge in [-0.1, -0.05) is 36.3 Å². The van der Waals surface area contributed by atoms with Crippen molar-refractivity contribution in [3.63, 3.8) is 0 Å². The Kier molecular flexibility index (Phi) is 8.86. The van der Waals surface area contributed by atoms with Crippen molar-refractivity contribution in [2.45, 2.75) is 31.8 Å². The van der Waals surface area contributed by atoms with E-state index in [0.29, 0.717) is 5.56 Å². The van der Waals surface area contributed by atoms with Gasteiger partial charge in [-0.25, -0.2) is 14.8 Å². The number of amides is 2. The van der Waals surface area contributed by atoms with Crippen LogP contribution in [0.5, 0.6) is 0 Å². The number of alkyl halides is 3. The maximum atomic E-state index is 13.1. The molecule has 0 bridgehead atoms. The SMILES string of the molecule is CC#C[C@H](O)C(CN(Cc1ccccc1)C(=O)O)NC(=O)CNc1ncnc2ccc(C(F)(F)F)cc12. The minimum Gasteiger partial charge on any atom is -0.465 e. The summed E-state index contributed by atoms with van der Waals surface area (Å²) in [7, 11) is 0. The Morgan fingerprint density at radius 3 is 2.51 bits per heavy atom. The molecule has 0 spiro atoms. The molecule has 2 atom stereocenters. The minimum atomic E-state index is -4.57. The van der Waals surface area contributed by atoms with Crippen LogP contribution in [0, 0.1) is 11.8 Å². The van der Waals surface area contributed by atoms with E-state index in [2.05, 4.69) is 32.4 Å². The average Bonchev–Trinajstić information content (AvgIpc) is 2.86. The number of halogens is 3. The van der Waals surface area contributed by atoms with E-state index in [1.54, 1.807) is 30.3 Å². The molecule has 1 aromatic heterocycles. The number of carbonyl (C=O) groups is 2. The molecule has 12 heteroatoms. The van der Waals surface area contributed by atoms with Crippen molar-refractivity contribution in [3.8, 4) is 11.8 Å². The van der Waals surface area contributed by atoms with Crippen LogP contribution < -0.4 is 10.6 Å². The van der Waals surface area contributed by atoms with Crippen molar-refractivity contribution in [3.05, 3.63) is 66.0 Å². The van der Waals surface area contributed by atoms with Gasteiger partial charge in [-0.2, -0.15) is 13.2 Å². The third-order valence-corrected chi connectivity index (χ3v) is 5.30. The average molecular weight is 515 g/mol. The van der Waals surface area contributed by atoms with E-state index in [9.17, 15) is 33.0 Å². The quantitative estimate of drug-likeness (QED) is 0.323. The number of nitrogens with one attached hydrogen (secondary N) is 2. The van der Waals surface area contributed by atoms with Gasteiger partial charge in [-0.15, -0.1) is 5.92 Å². The first kappa shape index (κ1) is 27.2. The van der Waals surface area contributed by atoms with Gasteiger partial charge in [0.1, 0.15) is 18.2 Å². The smallest absolute Gasteiger partial charge is 0.416 e. The summed E-state index contributed by atoms with van der Waals surface area (Å²) in [5.74, 6) is 4.37. The zero-order valence-electron chi connectivity index (χ0n) is 19.7. The number of nitrogens with zero attached hydrogens (tertiary/aromatic N) is 3. The monoisotopic (exact) mass is 515 g/mol. The van der Waals surface area contributed by atoms with Gasteiger partial charge in [0.2, 0.25) is 5.91 Å². The lowest BCUT2D eigenvalue weighted by Gasteiger charge is -2.27. The molecular weight excluding hydrogens is 491 g/mol. The Balaban J connectivity index is 1.73. The summed E-state index contributed by atoms with van der Waals surface area (Å²) in [6.07, 6.45) is -6.06. The highest BCUT2D eigenvalue weighted by Gasteiger charge is 2.31. The topological polar surface area (TPSA) is 128 Å². The predicted octanol–water partition coefficient (Wildman–Crippen LogP) is 3.11. The van der Waals surface area contributed by atoms with Gasteiger partial charge in [0.15, 0.2) is 0 Å². The first-order valence-electron chi connectivity index (χ1n) is 11.1. The third-order valence-electron chi connectivity index (χ3n) is 5.30. The number of anilines is 1. The van der Waals surface area contributed by atoms with E-state index in [4.69, 9.17) is 0 Å². The first-order chi connectivity index (χ1) is 17.6. The van der Waals surface area contributed by atoms with Crippen molar-refractivity contribution in [2.24, 2.45) is 0 Å². The zero-order valence-corrected chi connectivity index (χ0v) is 19.7. The van der Waals surface area contributed by atoms with Crippen LogP contribution in [0.2, 0.25) is 0 Å². The van der Waals surface area contributed by atoms with E-state index >= 15 is 0 Å². The van der Waals surface area contributed by atoms with Crippen molar-refractivity contribution in [2.75, 3.05) is 18.4 Å². The Hall–Kier alpha value is -4.37. The van der Waals surface area contributed by atoms with E-state index in [0.717, 1.165) is 23.4 Å². The fourth-order valence-electron chi connectivity index (χ4n) is 3.52. The molecule has 0 radical (unpaired) electrons. The lowest BCUT2D eigenvalue weighted by atomic mass is 10.1.